The van der Waals surface area contributed by atoms with Crippen LogP contribution in [-0.4, -0.2) is 44.3 Å². The Labute approximate surface area is 84.6 Å². The molecule has 0 amide bonds. The average Bonchev–Trinajstić information content (AvgIpc) is 2.71. The molecule has 2 atom stereocenters. The van der Waals surface area contributed by atoms with Gasteiger partial charge in [0.05, 0.1) is 13.2 Å². The van der Waals surface area contributed by atoms with E-state index in [2.05, 4.69) is 5.32 Å². The maximum atomic E-state index is 9.23. The van der Waals surface area contributed by atoms with E-state index in [0.29, 0.717) is 31.7 Å². The monoisotopic (exact) mass is 201 g/mol. The van der Waals surface area contributed by atoms with Gasteiger partial charge in [0.2, 0.25) is 0 Å². The Morgan fingerprint density at radius 1 is 1.21 bits per heavy atom. The van der Waals surface area contributed by atoms with Gasteiger partial charge in [0.25, 0.3) is 0 Å². The summed E-state index contributed by atoms with van der Waals surface area (Å²) in [5.74, 6) is 0.917. The van der Waals surface area contributed by atoms with Gasteiger partial charge in [0, 0.05) is 13.0 Å². The first-order chi connectivity index (χ1) is 6.90. The molecule has 2 heterocycles. The van der Waals surface area contributed by atoms with Crippen LogP contribution >= 0.6 is 0 Å². The molecule has 0 radical (unpaired) electrons. The number of rotatable bonds is 3. The molecule has 4 heteroatoms. The highest BCUT2D eigenvalue weighted by Crippen LogP contribution is 2.25. The van der Waals surface area contributed by atoms with E-state index < -0.39 is 0 Å². The lowest BCUT2D eigenvalue weighted by Gasteiger charge is -2.31. The Balaban J connectivity index is 1.81. The quantitative estimate of drug-likeness (QED) is 0.673. The number of nitrogens with one attached hydrogen (secondary N) is 1. The van der Waals surface area contributed by atoms with E-state index in [0.717, 1.165) is 25.9 Å². The standard InChI is InChI=1S/C10H19NO3/c12-7-8-1-2-11-6-9(8)5-10-13-3-4-14-10/h8-12H,1-7H2. The second-order valence-corrected chi connectivity index (χ2v) is 4.10. The van der Waals surface area contributed by atoms with Crippen LogP contribution in [0, 0.1) is 11.8 Å². The highest BCUT2D eigenvalue weighted by molar-refractivity contribution is 4.78. The van der Waals surface area contributed by atoms with Crippen molar-refractivity contribution in [1.82, 2.24) is 5.32 Å². The molecule has 82 valence electrons. The van der Waals surface area contributed by atoms with E-state index >= 15 is 0 Å². The number of aliphatic hydroxyl groups is 1. The normalized spacial score (nSPS) is 34.9. The van der Waals surface area contributed by atoms with Gasteiger partial charge in [-0.3, -0.25) is 0 Å². The third-order valence-corrected chi connectivity index (χ3v) is 3.19. The zero-order chi connectivity index (χ0) is 9.80. The Kier molecular flexibility index (Phi) is 3.75. The molecule has 2 aliphatic rings. The molecule has 4 nitrogen and oxygen atoms in total. The van der Waals surface area contributed by atoms with Crippen LogP contribution in [0.3, 0.4) is 0 Å². The molecular weight excluding hydrogens is 182 g/mol. The molecule has 2 fully saturated rings. The first kappa shape index (κ1) is 10.4. The molecule has 2 saturated heterocycles. The van der Waals surface area contributed by atoms with Crippen molar-refractivity contribution in [3.05, 3.63) is 0 Å². The van der Waals surface area contributed by atoms with Gasteiger partial charge in [-0.15, -0.1) is 0 Å². The van der Waals surface area contributed by atoms with Crippen LogP contribution in [0.25, 0.3) is 0 Å². The highest BCUT2D eigenvalue weighted by Gasteiger charge is 2.29. The van der Waals surface area contributed by atoms with Gasteiger partial charge in [-0.05, 0) is 31.3 Å². The average molecular weight is 201 g/mol. The Morgan fingerprint density at radius 2 is 2.00 bits per heavy atom. The van der Waals surface area contributed by atoms with Crippen LogP contribution in [0.15, 0.2) is 0 Å². The van der Waals surface area contributed by atoms with Crippen molar-refractivity contribution in [3.8, 4) is 0 Å². The summed E-state index contributed by atoms with van der Waals surface area (Å²) in [6.45, 7) is 3.73. The Bertz CT molecular complexity index is 171. The maximum Gasteiger partial charge on any atom is 0.158 e. The van der Waals surface area contributed by atoms with Crippen LogP contribution in [0.2, 0.25) is 0 Å². The van der Waals surface area contributed by atoms with Gasteiger partial charge in [-0.2, -0.15) is 0 Å². The number of piperidine rings is 1. The number of hydrogen-bond donors (Lipinski definition) is 2. The van der Waals surface area contributed by atoms with Gasteiger partial charge in [-0.25, -0.2) is 0 Å². The van der Waals surface area contributed by atoms with Gasteiger partial charge in [0.15, 0.2) is 6.29 Å². The second-order valence-electron chi connectivity index (χ2n) is 4.10. The summed E-state index contributed by atoms with van der Waals surface area (Å²) in [5, 5.41) is 12.6. The van der Waals surface area contributed by atoms with Crippen molar-refractivity contribution < 1.29 is 14.6 Å². The summed E-state index contributed by atoms with van der Waals surface area (Å²) >= 11 is 0. The topological polar surface area (TPSA) is 50.7 Å². The predicted molar refractivity (Wildman–Crippen MR) is 51.9 cm³/mol. The zero-order valence-electron chi connectivity index (χ0n) is 8.45. The Hall–Kier alpha value is -0.160. The minimum Gasteiger partial charge on any atom is -0.396 e. The molecule has 2 N–H and O–H groups in total. The van der Waals surface area contributed by atoms with Crippen molar-refractivity contribution in [3.63, 3.8) is 0 Å². The summed E-state index contributed by atoms with van der Waals surface area (Å²) in [5.41, 5.74) is 0. The second kappa shape index (κ2) is 5.07. The van der Waals surface area contributed by atoms with Gasteiger partial charge in [0.1, 0.15) is 0 Å². The van der Waals surface area contributed by atoms with E-state index in [1.165, 1.54) is 0 Å². The van der Waals surface area contributed by atoms with E-state index in [-0.39, 0.29) is 6.29 Å². The first-order valence-electron chi connectivity index (χ1n) is 5.45. The van der Waals surface area contributed by atoms with Crippen molar-refractivity contribution in [2.75, 3.05) is 32.9 Å². The fraction of sp³-hybridized carbons (Fsp3) is 1.00. The highest BCUT2D eigenvalue weighted by atomic mass is 16.7. The minimum atomic E-state index is -0.0334. The number of hydrogen-bond acceptors (Lipinski definition) is 4. The maximum absolute atomic E-state index is 9.23. The fourth-order valence-electron chi connectivity index (χ4n) is 2.28. The van der Waals surface area contributed by atoms with E-state index in [9.17, 15) is 5.11 Å². The number of ether oxygens (including phenoxy) is 2. The largest absolute Gasteiger partial charge is 0.396 e. The van der Waals surface area contributed by atoms with Crippen molar-refractivity contribution >= 4 is 0 Å². The van der Waals surface area contributed by atoms with E-state index in [1.807, 2.05) is 0 Å². The van der Waals surface area contributed by atoms with Gasteiger partial charge in [-0.1, -0.05) is 0 Å². The molecule has 14 heavy (non-hydrogen) atoms. The van der Waals surface area contributed by atoms with Gasteiger partial charge >= 0.3 is 0 Å². The Morgan fingerprint density at radius 3 is 2.71 bits per heavy atom. The number of aliphatic hydroxyl groups excluding tert-OH is 1. The van der Waals surface area contributed by atoms with Crippen molar-refractivity contribution in [1.29, 1.82) is 0 Å². The molecule has 0 spiro atoms. The zero-order valence-corrected chi connectivity index (χ0v) is 8.45. The summed E-state index contributed by atoms with van der Waals surface area (Å²) in [6.07, 6.45) is 1.94. The van der Waals surface area contributed by atoms with Crippen LogP contribution in [-0.2, 0) is 9.47 Å². The first-order valence-corrected chi connectivity index (χ1v) is 5.45. The summed E-state index contributed by atoms with van der Waals surface area (Å²) in [4.78, 5) is 0. The molecule has 0 aromatic carbocycles. The predicted octanol–water partition coefficient (Wildman–Crippen LogP) is -0.0326. The molecule has 2 aliphatic heterocycles. The molecule has 0 aromatic rings. The third kappa shape index (κ3) is 2.45. The van der Waals surface area contributed by atoms with Crippen LogP contribution in [0.4, 0.5) is 0 Å². The molecule has 0 aromatic heterocycles. The molecular formula is C10H19NO3. The third-order valence-electron chi connectivity index (χ3n) is 3.19. The fourth-order valence-corrected chi connectivity index (χ4v) is 2.28. The van der Waals surface area contributed by atoms with Gasteiger partial charge < -0.3 is 19.9 Å². The van der Waals surface area contributed by atoms with E-state index in [4.69, 9.17) is 9.47 Å². The summed E-state index contributed by atoms with van der Waals surface area (Å²) in [6, 6.07) is 0. The summed E-state index contributed by atoms with van der Waals surface area (Å²) in [7, 11) is 0. The molecule has 0 saturated carbocycles. The molecule has 0 aliphatic carbocycles. The van der Waals surface area contributed by atoms with E-state index in [1.54, 1.807) is 0 Å². The smallest absolute Gasteiger partial charge is 0.158 e. The summed E-state index contributed by atoms with van der Waals surface area (Å²) < 4.78 is 10.8. The lowest BCUT2D eigenvalue weighted by atomic mass is 9.84. The van der Waals surface area contributed by atoms with Crippen LogP contribution in [0.5, 0.6) is 0 Å². The van der Waals surface area contributed by atoms with Crippen LogP contribution in [0.1, 0.15) is 12.8 Å². The molecule has 2 rings (SSSR count). The van der Waals surface area contributed by atoms with Crippen LogP contribution < -0.4 is 5.32 Å². The lowest BCUT2D eigenvalue weighted by molar-refractivity contribution is -0.0663. The molecule has 2 unspecified atom stereocenters. The molecule has 0 bridgehead atoms. The van der Waals surface area contributed by atoms with Crippen molar-refractivity contribution in [2.24, 2.45) is 11.8 Å². The van der Waals surface area contributed by atoms with Crippen molar-refractivity contribution in [2.45, 2.75) is 19.1 Å². The SMILES string of the molecule is OCC1CCNCC1CC1OCCO1. The lowest BCUT2D eigenvalue weighted by Crippen LogP contribution is -2.39. The minimum absolute atomic E-state index is 0.0334.